The van der Waals surface area contributed by atoms with Crippen LogP contribution in [0.15, 0.2) is 30.6 Å². The zero-order valence-corrected chi connectivity index (χ0v) is 17.2. The Morgan fingerprint density at radius 3 is 2.72 bits per heavy atom. The van der Waals surface area contributed by atoms with Crippen LogP contribution in [0.5, 0.6) is 5.75 Å². The lowest BCUT2D eigenvalue weighted by Gasteiger charge is -2.23. The van der Waals surface area contributed by atoms with Crippen LogP contribution in [0, 0.1) is 11.7 Å². The van der Waals surface area contributed by atoms with Gasteiger partial charge in [0.25, 0.3) is 6.47 Å². The molecule has 1 saturated heterocycles. The van der Waals surface area contributed by atoms with E-state index in [0.29, 0.717) is 30.4 Å². The van der Waals surface area contributed by atoms with Crippen molar-refractivity contribution in [2.45, 2.75) is 6.04 Å². The molecule has 9 nitrogen and oxygen atoms in total. The Kier molecular flexibility index (Phi) is 7.71. The molecule has 1 aliphatic rings. The Labute approximate surface area is 168 Å². The fourth-order valence-electron chi connectivity index (χ4n) is 3.11. The number of hydrogen-bond donors (Lipinski definition) is 1. The average Bonchev–Trinajstić information content (AvgIpc) is 3.30. The topological polar surface area (TPSA) is 111 Å². The first kappa shape index (κ1) is 22.8. The Morgan fingerprint density at radius 2 is 2.10 bits per heavy atom. The standard InChI is InChI=1S/C17H22FN3O4S.CH2O2/c1-20(2)26(22,23)11-12-9-25-10-15(12)21-7-6-19-17(21)14-5-4-13(18)8-16(14)24-3;2-1-3/h4-8,12,15H,9-11H2,1-3H3;1H,(H,2,3)/t12-,15-;/m1./s1. The van der Waals surface area contributed by atoms with E-state index in [1.807, 2.05) is 4.57 Å². The fourth-order valence-corrected chi connectivity index (χ4v) is 4.27. The monoisotopic (exact) mass is 429 g/mol. The number of rotatable bonds is 6. The molecule has 0 spiro atoms. The number of aromatic nitrogens is 2. The van der Waals surface area contributed by atoms with E-state index in [9.17, 15) is 12.8 Å². The molecular formula is C18H24FN3O6S. The fraction of sp³-hybridized carbons (Fsp3) is 0.444. The van der Waals surface area contributed by atoms with Crippen molar-refractivity contribution in [3.05, 3.63) is 36.4 Å². The van der Waals surface area contributed by atoms with Gasteiger partial charge in [-0.3, -0.25) is 4.79 Å². The summed E-state index contributed by atoms with van der Waals surface area (Å²) in [6.07, 6.45) is 3.42. The summed E-state index contributed by atoms with van der Waals surface area (Å²) in [5.74, 6) is 0.339. The summed E-state index contributed by atoms with van der Waals surface area (Å²) < 4.78 is 52.0. The van der Waals surface area contributed by atoms with Crippen molar-refractivity contribution in [3.8, 4) is 17.1 Å². The summed E-state index contributed by atoms with van der Waals surface area (Å²) >= 11 is 0. The Balaban J connectivity index is 0.000000941. The van der Waals surface area contributed by atoms with Gasteiger partial charge < -0.3 is 19.1 Å². The highest BCUT2D eigenvalue weighted by atomic mass is 32.2. The lowest BCUT2D eigenvalue weighted by molar-refractivity contribution is -0.122. The average molecular weight is 429 g/mol. The summed E-state index contributed by atoms with van der Waals surface area (Å²) in [5.41, 5.74) is 0.639. The molecule has 1 fully saturated rings. The van der Waals surface area contributed by atoms with Crippen molar-refractivity contribution < 1.29 is 32.2 Å². The van der Waals surface area contributed by atoms with Crippen LogP contribution < -0.4 is 4.74 Å². The molecule has 0 amide bonds. The summed E-state index contributed by atoms with van der Waals surface area (Å²) in [6.45, 7) is 0.496. The summed E-state index contributed by atoms with van der Waals surface area (Å²) in [7, 11) is 1.15. The van der Waals surface area contributed by atoms with Gasteiger partial charge in [0.2, 0.25) is 10.0 Å². The molecule has 0 unspecified atom stereocenters. The molecule has 1 N–H and O–H groups in total. The first-order valence-corrected chi connectivity index (χ1v) is 10.3. The van der Waals surface area contributed by atoms with Crippen molar-refractivity contribution in [3.63, 3.8) is 0 Å². The molecule has 1 aliphatic heterocycles. The van der Waals surface area contributed by atoms with Crippen LogP contribution in [0.25, 0.3) is 11.4 Å². The normalized spacial score (nSPS) is 18.9. The Hall–Kier alpha value is -2.50. The molecular weight excluding hydrogens is 405 g/mol. The highest BCUT2D eigenvalue weighted by molar-refractivity contribution is 7.89. The maximum atomic E-state index is 13.5. The van der Waals surface area contributed by atoms with Gasteiger partial charge in [0.05, 0.1) is 37.7 Å². The van der Waals surface area contributed by atoms with E-state index in [1.165, 1.54) is 37.6 Å². The molecule has 11 heteroatoms. The van der Waals surface area contributed by atoms with Crippen LogP contribution in [-0.4, -0.2) is 74.0 Å². The van der Waals surface area contributed by atoms with Crippen LogP contribution in [0.4, 0.5) is 4.39 Å². The smallest absolute Gasteiger partial charge is 0.290 e. The quantitative estimate of drug-likeness (QED) is 0.693. The molecule has 0 saturated carbocycles. The highest BCUT2D eigenvalue weighted by Gasteiger charge is 2.35. The van der Waals surface area contributed by atoms with Crippen LogP contribution in [0.3, 0.4) is 0 Å². The maximum absolute atomic E-state index is 13.5. The lowest BCUT2D eigenvalue weighted by atomic mass is 10.1. The second kappa shape index (κ2) is 9.81. The van der Waals surface area contributed by atoms with Gasteiger partial charge in [-0.1, -0.05) is 0 Å². The van der Waals surface area contributed by atoms with E-state index < -0.39 is 15.8 Å². The van der Waals surface area contributed by atoms with E-state index in [0.717, 1.165) is 0 Å². The minimum atomic E-state index is -3.36. The molecule has 2 heterocycles. The second-order valence-electron chi connectivity index (χ2n) is 6.53. The predicted octanol–water partition coefficient (Wildman–Crippen LogP) is 1.48. The molecule has 0 aliphatic carbocycles. The number of methoxy groups -OCH3 is 1. The highest BCUT2D eigenvalue weighted by Crippen LogP contribution is 2.35. The van der Waals surface area contributed by atoms with Crippen LogP contribution in [-0.2, 0) is 19.6 Å². The summed E-state index contributed by atoms with van der Waals surface area (Å²) in [5, 5.41) is 6.89. The third-order valence-corrected chi connectivity index (χ3v) is 6.54. The van der Waals surface area contributed by atoms with E-state index in [4.69, 9.17) is 19.4 Å². The first-order valence-electron chi connectivity index (χ1n) is 8.67. The van der Waals surface area contributed by atoms with Gasteiger partial charge in [0.15, 0.2) is 0 Å². The van der Waals surface area contributed by atoms with E-state index >= 15 is 0 Å². The van der Waals surface area contributed by atoms with Crippen LogP contribution >= 0.6 is 0 Å². The molecule has 3 rings (SSSR count). The Morgan fingerprint density at radius 1 is 1.41 bits per heavy atom. The molecule has 1 aromatic heterocycles. The van der Waals surface area contributed by atoms with Gasteiger partial charge in [0.1, 0.15) is 17.4 Å². The zero-order valence-electron chi connectivity index (χ0n) is 16.4. The number of benzene rings is 1. The third kappa shape index (κ3) is 5.31. The minimum absolute atomic E-state index is 0.0111. The molecule has 2 aromatic rings. The molecule has 2 atom stereocenters. The van der Waals surface area contributed by atoms with Crippen molar-refractivity contribution in [2.24, 2.45) is 5.92 Å². The van der Waals surface area contributed by atoms with Gasteiger partial charge in [-0.25, -0.2) is 22.1 Å². The molecule has 29 heavy (non-hydrogen) atoms. The molecule has 160 valence electrons. The van der Waals surface area contributed by atoms with Crippen molar-refractivity contribution in [1.82, 2.24) is 13.9 Å². The molecule has 1 aromatic carbocycles. The number of carbonyl (C=O) groups is 1. The largest absolute Gasteiger partial charge is 0.496 e. The van der Waals surface area contributed by atoms with Crippen molar-refractivity contribution in [1.29, 1.82) is 0 Å². The lowest BCUT2D eigenvalue weighted by Crippen LogP contribution is -2.32. The SMILES string of the molecule is COc1cc(F)ccc1-c1nccn1[C@@H]1COC[C@@H]1CS(=O)(=O)N(C)C.O=CO. The van der Waals surface area contributed by atoms with E-state index in [1.54, 1.807) is 18.5 Å². The minimum Gasteiger partial charge on any atom is -0.496 e. The number of hydrogen-bond acceptors (Lipinski definition) is 6. The summed E-state index contributed by atoms with van der Waals surface area (Å²) in [6, 6.07) is 4.06. The molecule has 0 radical (unpaired) electrons. The van der Waals surface area contributed by atoms with Gasteiger partial charge in [-0.2, -0.15) is 0 Å². The van der Waals surface area contributed by atoms with Crippen LogP contribution in [0.1, 0.15) is 6.04 Å². The second-order valence-corrected chi connectivity index (χ2v) is 8.76. The van der Waals surface area contributed by atoms with Gasteiger partial charge in [-0.15, -0.1) is 0 Å². The number of imidazole rings is 1. The van der Waals surface area contributed by atoms with Gasteiger partial charge in [0, 0.05) is 38.5 Å². The third-order valence-electron chi connectivity index (χ3n) is 4.58. The predicted molar refractivity (Wildman–Crippen MR) is 104 cm³/mol. The number of sulfonamides is 1. The Bertz CT molecular complexity index is 931. The maximum Gasteiger partial charge on any atom is 0.290 e. The summed E-state index contributed by atoms with van der Waals surface area (Å²) in [4.78, 5) is 12.7. The number of carboxylic acid groups (broad SMARTS) is 1. The number of halogens is 1. The molecule has 0 bridgehead atoms. The van der Waals surface area contributed by atoms with Crippen molar-refractivity contribution in [2.75, 3.05) is 40.2 Å². The zero-order chi connectivity index (χ0) is 21.6. The number of nitrogens with zero attached hydrogens (tertiary/aromatic N) is 3. The van der Waals surface area contributed by atoms with Crippen LogP contribution in [0.2, 0.25) is 0 Å². The van der Waals surface area contributed by atoms with Gasteiger partial charge in [-0.05, 0) is 12.1 Å². The van der Waals surface area contributed by atoms with Crippen molar-refractivity contribution >= 4 is 16.5 Å². The first-order chi connectivity index (χ1) is 13.7. The van der Waals surface area contributed by atoms with E-state index in [-0.39, 0.29) is 24.2 Å². The number of ether oxygens (including phenoxy) is 2. The van der Waals surface area contributed by atoms with Gasteiger partial charge >= 0.3 is 0 Å². The van der Waals surface area contributed by atoms with E-state index in [2.05, 4.69) is 4.98 Å².